The van der Waals surface area contributed by atoms with Crippen LogP contribution in [-0.4, -0.2) is 52.3 Å². The highest BCUT2D eigenvalue weighted by molar-refractivity contribution is 7.86. The lowest BCUT2D eigenvalue weighted by molar-refractivity contribution is -0.125. The minimum absolute atomic E-state index is 0.114. The Kier molecular flexibility index (Phi) is 8.25. The number of anilines is 2. The molecule has 2 N–H and O–H groups in total. The molecule has 0 saturated heterocycles. The standard InChI is InChI=1S/C26H31N3O6S/c1-17-7-3-6-10-21(17)29(18(2)26(32)28-19-8-4-5-9-19)25(31)15-36(33)14-24(30)27-20-11-12-22-23(13-20)35-16-34-22/h3,6-7,10-13,18-19H,4-5,8-9,14-16H2,1-2H3,(H,27,30)(H,28,32)/t18-,36-/m0/s1. The predicted octanol–water partition coefficient (Wildman–Crippen LogP) is 2.89. The third-order valence-corrected chi connectivity index (χ3v) is 7.50. The maximum atomic E-state index is 13.3. The average Bonchev–Trinajstić information content (AvgIpc) is 3.51. The monoisotopic (exact) mass is 513 g/mol. The molecule has 1 heterocycles. The van der Waals surface area contributed by atoms with E-state index < -0.39 is 28.7 Å². The fraction of sp³-hybridized carbons (Fsp3) is 0.423. The van der Waals surface area contributed by atoms with Gasteiger partial charge in [-0.1, -0.05) is 31.0 Å². The molecule has 9 nitrogen and oxygen atoms in total. The molecule has 0 unspecified atom stereocenters. The largest absolute Gasteiger partial charge is 0.454 e. The highest BCUT2D eigenvalue weighted by Gasteiger charge is 2.31. The van der Waals surface area contributed by atoms with Gasteiger partial charge in [0.15, 0.2) is 11.5 Å². The molecule has 2 aromatic rings. The second-order valence-corrected chi connectivity index (χ2v) is 10.5. The molecule has 2 aromatic carbocycles. The van der Waals surface area contributed by atoms with Gasteiger partial charge >= 0.3 is 0 Å². The number of para-hydroxylation sites is 1. The van der Waals surface area contributed by atoms with Gasteiger partial charge in [0.05, 0.1) is 0 Å². The smallest absolute Gasteiger partial charge is 0.243 e. The van der Waals surface area contributed by atoms with E-state index in [0.29, 0.717) is 22.9 Å². The van der Waals surface area contributed by atoms with Crippen molar-refractivity contribution in [2.24, 2.45) is 0 Å². The lowest BCUT2D eigenvalue weighted by atomic mass is 10.1. The number of carbonyl (C=O) groups is 3. The zero-order valence-corrected chi connectivity index (χ0v) is 21.3. The molecule has 1 aliphatic carbocycles. The number of nitrogens with zero attached hydrogens (tertiary/aromatic N) is 1. The Morgan fingerprint density at radius 1 is 1.06 bits per heavy atom. The van der Waals surface area contributed by atoms with Gasteiger partial charge < -0.3 is 20.1 Å². The molecular formula is C26H31N3O6S. The van der Waals surface area contributed by atoms with Crippen LogP contribution in [0.25, 0.3) is 0 Å². The Labute approximate surface area is 213 Å². The van der Waals surface area contributed by atoms with Crippen molar-refractivity contribution in [2.45, 2.75) is 51.6 Å². The highest BCUT2D eigenvalue weighted by atomic mass is 32.2. The Bertz CT molecular complexity index is 1160. The second-order valence-electron chi connectivity index (χ2n) is 9.06. The number of hydrogen-bond donors (Lipinski definition) is 2. The molecule has 1 fully saturated rings. The molecule has 0 bridgehead atoms. The molecule has 0 spiro atoms. The molecule has 0 radical (unpaired) electrons. The zero-order valence-electron chi connectivity index (χ0n) is 20.5. The lowest BCUT2D eigenvalue weighted by Gasteiger charge is -2.30. The number of rotatable bonds is 9. The Morgan fingerprint density at radius 2 is 1.78 bits per heavy atom. The summed E-state index contributed by atoms with van der Waals surface area (Å²) in [7, 11) is -1.78. The maximum absolute atomic E-state index is 13.3. The maximum Gasteiger partial charge on any atom is 0.243 e. The molecule has 10 heteroatoms. The highest BCUT2D eigenvalue weighted by Crippen LogP contribution is 2.34. The fourth-order valence-electron chi connectivity index (χ4n) is 4.48. The van der Waals surface area contributed by atoms with Crippen LogP contribution in [0.3, 0.4) is 0 Å². The molecule has 192 valence electrons. The Morgan fingerprint density at radius 3 is 2.53 bits per heavy atom. The molecular weight excluding hydrogens is 482 g/mol. The van der Waals surface area contributed by atoms with Crippen LogP contribution in [0.4, 0.5) is 11.4 Å². The summed E-state index contributed by atoms with van der Waals surface area (Å²) in [6.45, 7) is 3.64. The van der Waals surface area contributed by atoms with E-state index in [-0.39, 0.29) is 30.2 Å². The van der Waals surface area contributed by atoms with Crippen LogP contribution in [0.5, 0.6) is 11.5 Å². The minimum atomic E-state index is -1.78. The van der Waals surface area contributed by atoms with Crippen LogP contribution < -0.4 is 25.0 Å². The van der Waals surface area contributed by atoms with E-state index in [4.69, 9.17) is 9.47 Å². The fourth-order valence-corrected chi connectivity index (χ4v) is 5.36. The molecule has 0 aromatic heterocycles. The summed E-state index contributed by atoms with van der Waals surface area (Å²) in [5.74, 6) is -0.853. The Balaban J connectivity index is 1.41. The van der Waals surface area contributed by atoms with Crippen molar-refractivity contribution >= 4 is 39.9 Å². The molecule has 3 amide bonds. The van der Waals surface area contributed by atoms with E-state index in [2.05, 4.69) is 10.6 Å². The third-order valence-electron chi connectivity index (χ3n) is 6.34. The van der Waals surface area contributed by atoms with E-state index >= 15 is 0 Å². The number of hydrogen-bond acceptors (Lipinski definition) is 6. The van der Waals surface area contributed by atoms with Crippen molar-refractivity contribution in [3.05, 3.63) is 48.0 Å². The van der Waals surface area contributed by atoms with Crippen LogP contribution in [0.15, 0.2) is 42.5 Å². The second kappa shape index (κ2) is 11.6. The molecule has 4 rings (SSSR count). The number of fused-ring (bicyclic) bond motifs is 1. The van der Waals surface area contributed by atoms with Gasteiger partial charge in [0, 0.05) is 34.3 Å². The average molecular weight is 514 g/mol. The summed E-state index contributed by atoms with van der Waals surface area (Å²) in [6, 6.07) is 11.5. The van der Waals surface area contributed by atoms with Crippen molar-refractivity contribution < 1.29 is 28.1 Å². The Hall–Kier alpha value is -3.40. The molecule has 1 aliphatic heterocycles. The number of ether oxygens (including phenoxy) is 2. The minimum Gasteiger partial charge on any atom is -0.454 e. The van der Waals surface area contributed by atoms with Gasteiger partial charge in [-0.25, -0.2) is 0 Å². The summed E-state index contributed by atoms with van der Waals surface area (Å²) in [4.78, 5) is 40.2. The van der Waals surface area contributed by atoms with Gasteiger partial charge in [-0.3, -0.25) is 23.5 Å². The van der Waals surface area contributed by atoms with Crippen LogP contribution in [0.1, 0.15) is 38.2 Å². The number of benzene rings is 2. The SMILES string of the molecule is Cc1ccccc1N(C(=O)C[S@@](=O)CC(=O)Nc1ccc2c(c1)OCO2)[C@@H](C)C(=O)NC1CCCC1. The van der Waals surface area contributed by atoms with Crippen LogP contribution in [0, 0.1) is 6.92 Å². The first-order valence-electron chi connectivity index (χ1n) is 12.0. The molecule has 2 atom stereocenters. The molecule has 2 aliphatic rings. The third kappa shape index (κ3) is 6.23. The molecule has 36 heavy (non-hydrogen) atoms. The summed E-state index contributed by atoms with van der Waals surface area (Å²) in [6.07, 6.45) is 4.01. The molecule has 1 saturated carbocycles. The summed E-state index contributed by atoms with van der Waals surface area (Å²) >= 11 is 0. The van der Waals surface area contributed by atoms with Gasteiger partial charge in [-0.2, -0.15) is 0 Å². The number of nitrogens with one attached hydrogen (secondary N) is 2. The quantitative estimate of drug-likeness (QED) is 0.533. The first kappa shape index (κ1) is 25.7. The summed E-state index contributed by atoms with van der Waals surface area (Å²) in [5.41, 5.74) is 1.88. The predicted molar refractivity (Wildman–Crippen MR) is 138 cm³/mol. The van der Waals surface area contributed by atoms with Gasteiger partial charge in [-0.05, 0) is 50.5 Å². The van der Waals surface area contributed by atoms with E-state index in [1.807, 2.05) is 19.1 Å². The van der Waals surface area contributed by atoms with Gasteiger partial charge in [0.1, 0.15) is 17.5 Å². The van der Waals surface area contributed by atoms with Gasteiger partial charge in [0.25, 0.3) is 0 Å². The normalized spacial score (nSPS) is 16.3. The van der Waals surface area contributed by atoms with Crippen LogP contribution in [0.2, 0.25) is 0 Å². The summed E-state index contributed by atoms with van der Waals surface area (Å²) in [5, 5.41) is 5.71. The van der Waals surface area contributed by atoms with Crippen molar-refractivity contribution in [2.75, 3.05) is 28.5 Å². The van der Waals surface area contributed by atoms with E-state index in [9.17, 15) is 18.6 Å². The number of aryl methyl sites for hydroxylation is 1. The number of amides is 3. The van der Waals surface area contributed by atoms with Gasteiger partial charge in [-0.15, -0.1) is 0 Å². The topological polar surface area (TPSA) is 114 Å². The van der Waals surface area contributed by atoms with Gasteiger partial charge in [0.2, 0.25) is 24.5 Å². The lowest BCUT2D eigenvalue weighted by Crippen LogP contribution is -2.51. The van der Waals surface area contributed by atoms with Crippen LogP contribution in [-0.2, 0) is 25.2 Å². The number of carbonyl (C=O) groups excluding carboxylic acids is 3. The van der Waals surface area contributed by atoms with Crippen LogP contribution >= 0.6 is 0 Å². The van der Waals surface area contributed by atoms with E-state index in [1.165, 1.54) is 4.90 Å². The van der Waals surface area contributed by atoms with Crippen molar-refractivity contribution in [1.29, 1.82) is 0 Å². The summed E-state index contributed by atoms with van der Waals surface area (Å²) < 4.78 is 23.3. The van der Waals surface area contributed by atoms with Crippen molar-refractivity contribution in [3.8, 4) is 11.5 Å². The van der Waals surface area contributed by atoms with Crippen molar-refractivity contribution in [3.63, 3.8) is 0 Å². The van der Waals surface area contributed by atoms with E-state index in [1.54, 1.807) is 37.3 Å². The zero-order chi connectivity index (χ0) is 25.7. The first-order valence-corrected chi connectivity index (χ1v) is 13.5. The van der Waals surface area contributed by atoms with Crippen molar-refractivity contribution in [1.82, 2.24) is 5.32 Å². The first-order chi connectivity index (χ1) is 17.3. The van der Waals surface area contributed by atoms with E-state index in [0.717, 1.165) is 31.2 Å².